The number of nitrogens with one attached hydrogen (secondary N) is 3. The highest BCUT2D eigenvalue weighted by Gasteiger charge is 2.10. The molecule has 5 N–H and O–H groups in total. The molecule has 0 radical (unpaired) electrons. The average molecular weight is 1350 g/mol. The number of nitrogens with zero attached hydrogens (tertiary/aromatic N) is 9. The molecule has 23 heteroatoms. The maximum atomic E-state index is 10.2. The van der Waals surface area contributed by atoms with E-state index in [2.05, 4.69) is 102 Å². The number of fused-ring (bicyclic) bond motifs is 3. The first-order chi connectivity index (χ1) is 45.9. The molecule has 0 bridgehead atoms. The highest BCUT2D eigenvalue weighted by Crippen LogP contribution is 2.24. The number of nitrogen functional groups attached to an aromatic ring is 1. The molecule has 94 heavy (non-hydrogen) atoms. The van der Waals surface area contributed by atoms with Gasteiger partial charge >= 0.3 is 0 Å². The molecule has 0 fully saturated rings. The Morgan fingerprint density at radius 1 is 0.394 bits per heavy atom. The molecule has 0 saturated heterocycles. The Kier molecular flexibility index (Phi) is 26.0. The fourth-order valence-electron chi connectivity index (χ4n) is 9.35. The van der Waals surface area contributed by atoms with Crippen molar-refractivity contribution in [1.29, 1.82) is 0 Å². The fraction of sp³-hybridized carbons (Fsp3) is 0.0986. The SMILES string of the molecule is Clc1ccncc1CCc1ccc(Cc2c[nH]c3ncccc23)cn1.Clc1ccncc1CCc1ccc(Cc2c[nH]c3ncccc23)cn1.Nc1ccc(Cc2c[nH]c3ncccc23)cn1.O=Cc1ccncc1Cl.O=S([O-])c1ccccc1.O=S([O-])c1ccccc1. The lowest BCUT2D eigenvalue weighted by molar-refractivity contribution is 0.112. The Labute approximate surface area is 562 Å². The monoisotopic (exact) mass is 1340 g/mol. The Morgan fingerprint density at radius 2 is 0.787 bits per heavy atom. The molecule has 2 unspecified atom stereocenters. The molecular weight excluding hydrogens is 1290 g/mol. The fourth-order valence-corrected chi connectivity index (χ4v) is 10.7. The second kappa shape index (κ2) is 35.7. The van der Waals surface area contributed by atoms with E-state index >= 15 is 0 Å². The molecular formula is C71H60Cl3N13O5S2-2. The average Bonchev–Trinajstić information content (AvgIpc) is 1.85. The van der Waals surface area contributed by atoms with E-state index in [9.17, 15) is 22.3 Å². The predicted molar refractivity (Wildman–Crippen MR) is 369 cm³/mol. The van der Waals surface area contributed by atoms with Crippen LogP contribution in [0.15, 0.2) is 254 Å². The lowest BCUT2D eigenvalue weighted by Gasteiger charge is -2.05. The van der Waals surface area contributed by atoms with Crippen LogP contribution < -0.4 is 5.73 Å². The predicted octanol–water partition coefficient (Wildman–Crippen LogP) is 14.3. The van der Waals surface area contributed by atoms with Gasteiger partial charge in [0.2, 0.25) is 0 Å². The Morgan fingerprint density at radius 3 is 1.12 bits per heavy atom. The number of aldehydes is 1. The molecule has 0 aliphatic heterocycles. The Bertz CT molecular complexity index is 4490. The van der Waals surface area contributed by atoms with Gasteiger partial charge in [-0.1, -0.05) is 89.4 Å². The van der Waals surface area contributed by atoms with Crippen LogP contribution in [0.2, 0.25) is 15.1 Å². The minimum atomic E-state index is -2.08. The number of H-pyrrole nitrogens is 3. The largest absolute Gasteiger partial charge is 0.768 e. The van der Waals surface area contributed by atoms with E-state index < -0.39 is 22.2 Å². The highest BCUT2D eigenvalue weighted by molar-refractivity contribution is 7.79. The third kappa shape index (κ3) is 20.7. The molecule has 0 spiro atoms. The molecule has 0 saturated carbocycles. The van der Waals surface area contributed by atoms with Crippen LogP contribution in [0.5, 0.6) is 0 Å². The summed E-state index contributed by atoms with van der Waals surface area (Å²) in [7, 11) is 0. The van der Waals surface area contributed by atoms with Crippen LogP contribution in [-0.2, 0) is 67.1 Å². The van der Waals surface area contributed by atoms with Gasteiger partial charge < -0.3 is 29.8 Å². The normalized spacial score (nSPS) is 11.2. The highest BCUT2D eigenvalue weighted by atomic mass is 35.5. The summed E-state index contributed by atoms with van der Waals surface area (Å²) >= 11 is 13.7. The van der Waals surface area contributed by atoms with Crippen molar-refractivity contribution in [2.75, 3.05) is 5.73 Å². The lowest BCUT2D eigenvalue weighted by atomic mass is 10.1. The van der Waals surface area contributed by atoms with Crippen molar-refractivity contribution in [3.05, 3.63) is 321 Å². The van der Waals surface area contributed by atoms with Gasteiger partial charge in [-0.05, 0) is 189 Å². The van der Waals surface area contributed by atoms with E-state index in [4.69, 9.17) is 40.5 Å². The van der Waals surface area contributed by atoms with Gasteiger partial charge in [0.25, 0.3) is 0 Å². The molecule has 2 atom stereocenters. The molecule has 12 aromatic heterocycles. The van der Waals surface area contributed by atoms with E-state index in [-0.39, 0.29) is 0 Å². The van der Waals surface area contributed by atoms with Crippen LogP contribution in [0.25, 0.3) is 33.1 Å². The zero-order chi connectivity index (χ0) is 65.9. The molecule has 0 aliphatic rings. The van der Waals surface area contributed by atoms with Crippen molar-refractivity contribution in [3.8, 4) is 0 Å². The zero-order valence-electron chi connectivity index (χ0n) is 50.2. The van der Waals surface area contributed by atoms with Gasteiger partial charge in [-0.25, -0.2) is 19.9 Å². The lowest BCUT2D eigenvalue weighted by Crippen LogP contribution is -1.97. The number of halogens is 3. The summed E-state index contributed by atoms with van der Waals surface area (Å²) in [5.74, 6) is 0.550. The van der Waals surface area contributed by atoms with Crippen molar-refractivity contribution in [1.82, 2.24) is 59.8 Å². The van der Waals surface area contributed by atoms with E-state index in [0.717, 1.165) is 116 Å². The standard InChI is InChI=1S/2C20H17ClN4.C13H12N4.C6H4ClNO.2C6H6O2S/c2*21-19-7-9-22-12-15(19)4-6-17-5-3-14(11-24-17)10-16-13-25-20-18(16)2-1-8-23-20;14-12-4-3-9(7-16-12)6-10-8-17-13-11(10)2-1-5-15-13;7-6-3-8-2-1-5(6)4-9;2*7-9(8)6-4-2-1-3-5-6/h2*1-3,5,7-9,11-13H,4,6,10H2,(H,23,25);1-5,7-8H,6H2,(H2,14,16)(H,15,17);1-4H;2*1-5H,(H,7,8)/p-2. The third-order valence-electron chi connectivity index (χ3n) is 14.2. The molecule has 18 nitrogen and oxygen atoms in total. The number of rotatable bonds is 15. The van der Waals surface area contributed by atoms with E-state index in [1.165, 1.54) is 40.2 Å². The summed E-state index contributed by atoms with van der Waals surface area (Å²) in [6.07, 6.45) is 33.8. The smallest absolute Gasteiger partial charge is 0.151 e. The topological polar surface area (TPSA) is 287 Å². The minimum absolute atomic E-state index is 0.331. The maximum absolute atomic E-state index is 10.2. The Balaban J connectivity index is 0.000000140. The summed E-state index contributed by atoms with van der Waals surface area (Å²) in [6, 6.07) is 46.1. The number of hydrogen-bond donors (Lipinski definition) is 4. The van der Waals surface area contributed by atoms with Crippen LogP contribution in [0.4, 0.5) is 5.82 Å². The number of aromatic amines is 3. The van der Waals surface area contributed by atoms with Crippen molar-refractivity contribution in [2.24, 2.45) is 0 Å². The van der Waals surface area contributed by atoms with Crippen molar-refractivity contribution in [2.45, 2.75) is 54.7 Å². The first-order valence-electron chi connectivity index (χ1n) is 29.2. The first kappa shape index (κ1) is 68.3. The van der Waals surface area contributed by atoms with Crippen LogP contribution in [-0.4, -0.2) is 83.6 Å². The molecule has 2 aromatic carbocycles. The number of anilines is 1. The number of aryl methyl sites for hydroxylation is 4. The quantitative estimate of drug-likeness (QED) is 0.0548. The second-order valence-corrected chi connectivity index (χ2v) is 23.7. The first-order valence-corrected chi connectivity index (χ1v) is 32.5. The molecule has 0 amide bonds. The number of benzene rings is 2. The number of pyridine rings is 9. The molecule has 474 valence electrons. The van der Waals surface area contributed by atoms with Gasteiger partial charge in [-0.2, -0.15) is 0 Å². The summed E-state index contributed by atoms with van der Waals surface area (Å²) < 4.78 is 40.8. The number of aromatic nitrogens is 12. The summed E-state index contributed by atoms with van der Waals surface area (Å²) in [6.45, 7) is 0. The van der Waals surface area contributed by atoms with E-state index in [1.54, 1.807) is 97.7 Å². The van der Waals surface area contributed by atoms with Crippen molar-refractivity contribution in [3.63, 3.8) is 0 Å². The van der Waals surface area contributed by atoms with Gasteiger partial charge in [0, 0.05) is 165 Å². The van der Waals surface area contributed by atoms with E-state index in [1.807, 2.05) is 92.0 Å². The van der Waals surface area contributed by atoms with Gasteiger partial charge in [-0.15, -0.1) is 0 Å². The molecule has 14 aromatic rings. The molecule has 0 aliphatic carbocycles. The van der Waals surface area contributed by atoms with Crippen molar-refractivity contribution < 1.29 is 22.3 Å². The summed E-state index contributed by atoms with van der Waals surface area (Å²) in [4.78, 5) is 58.5. The number of carbonyl (C=O) groups is 1. The van der Waals surface area contributed by atoms with Gasteiger partial charge in [0.15, 0.2) is 6.29 Å². The summed E-state index contributed by atoms with van der Waals surface area (Å²) in [5.41, 5.74) is 20.3. The van der Waals surface area contributed by atoms with Gasteiger partial charge in [-0.3, -0.25) is 38.1 Å². The van der Waals surface area contributed by atoms with Gasteiger partial charge in [0.05, 0.1) is 5.02 Å². The van der Waals surface area contributed by atoms with Crippen LogP contribution >= 0.6 is 34.8 Å². The van der Waals surface area contributed by atoms with Gasteiger partial charge in [0.1, 0.15) is 22.8 Å². The minimum Gasteiger partial charge on any atom is -0.768 e. The Hall–Kier alpha value is -10.0. The maximum Gasteiger partial charge on any atom is 0.151 e. The second-order valence-electron chi connectivity index (χ2n) is 20.6. The molecule has 14 rings (SSSR count). The number of carbonyl (C=O) groups excluding carboxylic acids is 1. The third-order valence-corrected chi connectivity index (χ3v) is 16.6. The van der Waals surface area contributed by atoms with Crippen molar-refractivity contribution >= 4 is 102 Å². The zero-order valence-corrected chi connectivity index (χ0v) is 54.1. The van der Waals surface area contributed by atoms with E-state index in [0.29, 0.717) is 32.5 Å². The van der Waals surface area contributed by atoms with Crippen LogP contribution in [0.3, 0.4) is 0 Å². The molecule has 12 heterocycles. The summed E-state index contributed by atoms with van der Waals surface area (Å²) in [5, 5.41) is 5.41. The number of nitrogens with two attached hydrogens (primary N) is 1. The van der Waals surface area contributed by atoms with Crippen LogP contribution in [0, 0.1) is 0 Å². The van der Waals surface area contributed by atoms with Crippen LogP contribution in [0.1, 0.15) is 66.3 Å². The number of hydrogen-bond acceptors (Lipinski definition) is 15.